The van der Waals surface area contributed by atoms with Crippen LogP contribution in [-0.2, 0) is 4.74 Å². The lowest BCUT2D eigenvalue weighted by molar-refractivity contribution is -0.0458. The summed E-state index contributed by atoms with van der Waals surface area (Å²) in [5.74, 6) is 0.316. The molecule has 0 bridgehead atoms. The molecule has 2 heterocycles. The van der Waals surface area contributed by atoms with Crippen molar-refractivity contribution in [2.75, 3.05) is 19.0 Å². The number of benzene rings is 1. The highest BCUT2D eigenvalue weighted by molar-refractivity contribution is 6.03. The molecule has 1 saturated heterocycles. The highest BCUT2D eigenvalue weighted by Gasteiger charge is 2.34. The number of carbonyl (C=O) groups is 1. The Bertz CT molecular complexity index is 835. The summed E-state index contributed by atoms with van der Waals surface area (Å²) in [4.78, 5) is 28.2. The number of rotatable bonds is 5. The Morgan fingerprint density at radius 1 is 1.38 bits per heavy atom. The van der Waals surface area contributed by atoms with Crippen molar-refractivity contribution in [3.8, 4) is 5.75 Å². The topological polar surface area (TPSA) is 123 Å². The molecule has 0 unspecified atom stereocenters. The van der Waals surface area contributed by atoms with Crippen molar-refractivity contribution >= 4 is 11.7 Å². The van der Waals surface area contributed by atoms with Crippen LogP contribution in [0.1, 0.15) is 23.0 Å². The highest BCUT2D eigenvalue weighted by atomic mass is 16.5. The minimum absolute atomic E-state index is 0.101. The van der Waals surface area contributed by atoms with Gasteiger partial charge in [-0.2, -0.15) is 4.98 Å². The number of carbonyl (C=O) groups excluding carboxylic acids is 1. The SMILES string of the molecule is COc1ccc(C(=O)Nc2ccn([C@@H]3C[C@H](O)[C@H](CO)O3)c(=O)n2)cc1. The first-order chi connectivity index (χ1) is 12.5. The maximum Gasteiger partial charge on any atom is 0.351 e. The number of aliphatic hydroxyl groups is 2. The summed E-state index contributed by atoms with van der Waals surface area (Å²) in [6, 6.07) is 7.96. The average molecular weight is 361 g/mol. The lowest BCUT2D eigenvalue weighted by atomic mass is 10.2. The molecule has 0 aliphatic carbocycles. The van der Waals surface area contributed by atoms with Gasteiger partial charge in [-0.05, 0) is 30.3 Å². The van der Waals surface area contributed by atoms with Crippen molar-refractivity contribution in [3.05, 3.63) is 52.6 Å². The smallest absolute Gasteiger partial charge is 0.351 e. The fourth-order valence-corrected chi connectivity index (χ4v) is 2.68. The molecule has 0 saturated carbocycles. The number of ether oxygens (including phenoxy) is 2. The molecule has 3 N–H and O–H groups in total. The third kappa shape index (κ3) is 3.74. The van der Waals surface area contributed by atoms with Gasteiger partial charge in [0, 0.05) is 18.2 Å². The molecule has 2 aromatic rings. The first-order valence-corrected chi connectivity index (χ1v) is 8.01. The van der Waals surface area contributed by atoms with E-state index in [1.807, 2.05) is 0 Å². The predicted octanol–water partition coefficient (Wildman–Crippen LogP) is 0.145. The van der Waals surface area contributed by atoms with Crippen LogP contribution in [0.25, 0.3) is 0 Å². The molecule has 1 aromatic carbocycles. The summed E-state index contributed by atoms with van der Waals surface area (Å²) in [5, 5.41) is 21.4. The highest BCUT2D eigenvalue weighted by Crippen LogP contribution is 2.27. The fraction of sp³-hybridized carbons (Fsp3) is 0.353. The second kappa shape index (κ2) is 7.65. The van der Waals surface area contributed by atoms with Crippen molar-refractivity contribution in [1.82, 2.24) is 9.55 Å². The Hall–Kier alpha value is -2.75. The Kier molecular flexibility index (Phi) is 5.31. The van der Waals surface area contributed by atoms with Crippen LogP contribution in [0.4, 0.5) is 5.82 Å². The average Bonchev–Trinajstić information content (AvgIpc) is 3.02. The third-order valence-electron chi connectivity index (χ3n) is 4.12. The van der Waals surface area contributed by atoms with Gasteiger partial charge in [-0.3, -0.25) is 9.36 Å². The van der Waals surface area contributed by atoms with Crippen molar-refractivity contribution in [2.24, 2.45) is 0 Å². The number of hydrogen-bond acceptors (Lipinski definition) is 7. The lowest BCUT2D eigenvalue weighted by Crippen LogP contribution is -2.28. The monoisotopic (exact) mass is 361 g/mol. The Morgan fingerprint density at radius 2 is 2.12 bits per heavy atom. The van der Waals surface area contributed by atoms with E-state index in [4.69, 9.17) is 14.6 Å². The molecule has 3 rings (SSSR count). The van der Waals surface area contributed by atoms with Gasteiger partial charge in [-0.15, -0.1) is 0 Å². The lowest BCUT2D eigenvalue weighted by Gasteiger charge is -2.14. The van der Waals surface area contributed by atoms with E-state index in [1.54, 1.807) is 24.3 Å². The molecule has 9 heteroatoms. The van der Waals surface area contributed by atoms with Crippen molar-refractivity contribution in [3.63, 3.8) is 0 Å². The van der Waals surface area contributed by atoms with Gasteiger partial charge >= 0.3 is 5.69 Å². The molecule has 1 amide bonds. The van der Waals surface area contributed by atoms with E-state index in [1.165, 1.54) is 23.9 Å². The number of hydrogen-bond donors (Lipinski definition) is 3. The van der Waals surface area contributed by atoms with Crippen molar-refractivity contribution in [2.45, 2.75) is 24.9 Å². The van der Waals surface area contributed by atoms with E-state index in [0.29, 0.717) is 11.3 Å². The van der Waals surface area contributed by atoms with Gasteiger partial charge in [0.05, 0.1) is 19.8 Å². The first-order valence-electron chi connectivity index (χ1n) is 8.01. The maximum atomic E-state index is 12.2. The number of amides is 1. The van der Waals surface area contributed by atoms with Crippen LogP contribution < -0.4 is 15.7 Å². The van der Waals surface area contributed by atoms with Gasteiger partial charge in [0.2, 0.25) is 0 Å². The number of anilines is 1. The Balaban J connectivity index is 1.71. The predicted molar refractivity (Wildman–Crippen MR) is 91.1 cm³/mol. The van der Waals surface area contributed by atoms with E-state index in [0.717, 1.165) is 0 Å². The summed E-state index contributed by atoms with van der Waals surface area (Å²) in [6.07, 6.45) is -0.707. The Labute approximate surface area is 148 Å². The first kappa shape index (κ1) is 18.1. The molecule has 1 aliphatic heterocycles. The zero-order chi connectivity index (χ0) is 18.7. The Morgan fingerprint density at radius 3 is 2.69 bits per heavy atom. The summed E-state index contributed by atoms with van der Waals surface area (Å²) in [7, 11) is 1.53. The van der Waals surface area contributed by atoms with Gasteiger partial charge in [-0.25, -0.2) is 4.79 Å². The summed E-state index contributed by atoms with van der Waals surface area (Å²) in [5.41, 5.74) is -0.238. The number of nitrogens with one attached hydrogen (secondary N) is 1. The van der Waals surface area contributed by atoms with E-state index in [9.17, 15) is 14.7 Å². The van der Waals surface area contributed by atoms with Crippen LogP contribution >= 0.6 is 0 Å². The minimum atomic E-state index is -0.855. The van der Waals surface area contributed by atoms with Gasteiger partial charge in [0.25, 0.3) is 5.91 Å². The van der Waals surface area contributed by atoms with E-state index >= 15 is 0 Å². The van der Waals surface area contributed by atoms with Gasteiger partial charge in [-0.1, -0.05) is 0 Å². The zero-order valence-corrected chi connectivity index (χ0v) is 14.0. The number of methoxy groups -OCH3 is 1. The zero-order valence-electron chi connectivity index (χ0n) is 14.0. The second-order valence-electron chi connectivity index (χ2n) is 5.80. The molecule has 0 spiro atoms. The molecule has 138 valence electrons. The van der Waals surface area contributed by atoms with Crippen LogP contribution in [-0.4, -0.2) is 51.6 Å². The number of aromatic nitrogens is 2. The molecule has 1 aromatic heterocycles. The minimum Gasteiger partial charge on any atom is -0.497 e. The van der Waals surface area contributed by atoms with Crippen molar-refractivity contribution < 1.29 is 24.5 Å². The van der Waals surface area contributed by atoms with Crippen molar-refractivity contribution in [1.29, 1.82) is 0 Å². The van der Waals surface area contributed by atoms with E-state index in [2.05, 4.69) is 10.3 Å². The molecule has 9 nitrogen and oxygen atoms in total. The summed E-state index contributed by atoms with van der Waals surface area (Å²) >= 11 is 0. The molecule has 1 fully saturated rings. The summed E-state index contributed by atoms with van der Waals surface area (Å²) < 4.78 is 11.7. The van der Waals surface area contributed by atoms with Gasteiger partial charge < -0.3 is 25.0 Å². The van der Waals surface area contributed by atoms with E-state index < -0.39 is 30.0 Å². The quantitative estimate of drug-likeness (QED) is 0.692. The van der Waals surface area contributed by atoms with Gasteiger partial charge in [0.1, 0.15) is 23.9 Å². The van der Waals surface area contributed by atoms with Crippen LogP contribution in [0.15, 0.2) is 41.3 Å². The standard InChI is InChI=1S/C17H19N3O6/c1-25-11-4-2-10(3-5-11)16(23)18-14-6-7-20(17(24)19-14)15-8-12(22)13(9-21)26-15/h2-7,12-13,15,21-22H,8-9H2,1H3,(H,18,19,23,24)/t12-,13-,15-/m0/s1. The second-order valence-corrected chi connectivity index (χ2v) is 5.80. The molecular formula is C17H19N3O6. The molecule has 1 aliphatic rings. The van der Waals surface area contributed by atoms with Crippen LogP contribution in [0.3, 0.4) is 0 Å². The molecular weight excluding hydrogens is 342 g/mol. The molecule has 0 radical (unpaired) electrons. The van der Waals surface area contributed by atoms with Crippen LogP contribution in [0.5, 0.6) is 5.75 Å². The fourth-order valence-electron chi connectivity index (χ4n) is 2.68. The number of nitrogens with zero attached hydrogens (tertiary/aromatic N) is 2. The molecule has 3 atom stereocenters. The van der Waals surface area contributed by atoms with Crippen LogP contribution in [0.2, 0.25) is 0 Å². The normalized spacial score (nSPS) is 22.2. The molecule has 26 heavy (non-hydrogen) atoms. The largest absolute Gasteiger partial charge is 0.497 e. The number of aliphatic hydroxyl groups excluding tert-OH is 2. The van der Waals surface area contributed by atoms with Gasteiger partial charge in [0.15, 0.2) is 0 Å². The van der Waals surface area contributed by atoms with E-state index in [-0.39, 0.29) is 18.8 Å². The maximum absolute atomic E-state index is 12.2. The van der Waals surface area contributed by atoms with Crippen LogP contribution in [0, 0.1) is 0 Å². The third-order valence-corrected chi connectivity index (χ3v) is 4.12. The summed E-state index contributed by atoms with van der Waals surface area (Å²) in [6.45, 7) is -0.337.